The van der Waals surface area contributed by atoms with Gasteiger partial charge in [-0.25, -0.2) is 18.8 Å². The molecule has 0 fully saturated rings. The lowest BCUT2D eigenvalue weighted by atomic mass is 10.0. The normalized spacial score (nSPS) is 11.2. The van der Waals surface area contributed by atoms with E-state index in [9.17, 15) is 18.8 Å². The maximum Gasteiger partial charge on any atom is 0.438 e. The fourth-order valence-corrected chi connectivity index (χ4v) is 2.31. The van der Waals surface area contributed by atoms with Crippen LogP contribution in [-0.2, 0) is 23.9 Å². The molecule has 1 aromatic rings. The van der Waals surface area contributed by atoms with Gasteiger partial charge in [0.15, 0.2) is 34.5 Å². The number of imide groups is 1. The number of nitrogens with two attached hydrogens (primary N) is 1. The van der Waals surface area contributed by atoms with Crippen LogP contribution in [0.2, 0.25) is 0 Å². The van der Waals surface area contributed by atoms with Crippen molar-refractivity contribution in [3.63, 3.8) is 0 Å². The van der Waals surface area contributed by atoms with Gasteiger partial charge < -0.3 is 22.1 Å². The Bertz CT molecular complexity index is 671. The minimum atomic E-state index is -1.61. The van der Waals surface area contributed by atoms with E-state index in [-0.39, 0.29) is 22.0 Å². The van der Waals surface area contributed by atoms with E-state index in [1.54, 1.807) is 0 Å². The monoisotopic (exact) mass is 486 g/mol. The third-order valence-electron chi connectivity index (χ3n) is 3.31. The number of carbonyl (C=O) groups excluding carboxylic acids is 3. The minimum Gasteiger partial charge on any atom is -0.493 e. The lowest BCUT2D eigenvalue weighted by Crippen LogP contribution is -2.50. The number of methoxy groups -OCH3 is 3. The molecule has 0 heterocycles. The summed E-state index contributed by atoms with van der Waals surface area (Å²) in [6, 6.07) is 0.682. The van der Waals surface area contributed by atoms with E-state index >= 15 is 0 Å². The Morgan fingerprint density at radius 1 is 1.15 bits per heavy atom. The zero-order valence-corrected chi connectivity index (χ0v) is 16.1. The highest BCUT2D eigenvalue weighted by atomic mass is 127. The first-order chi connectivity index (χ1) is 12.3. The maximum atomic E-state index is 14.3. The van der Waals surface area contributed by atoms with Crippen molar-refractivity contribution in [1.29, 1.82) is 0 Å². The fraction of sp³-hybridized carbons (Fsp3) is 0.357. The number of amides is 2. The summed E-state index contributed by atoms with van der Waals surface area (Å²) in [7, 11) is 3.69. The second-order valence-electron chi connectivity index (χ2n) is 4.64. The average molecular weight is 486 g/mol. The molecule has 0 unspecified atom stereocenters. The smallest absolute Gasteiger partial charge is 0.438 e. The van der Waals surface area contributed by atoms with Gasteiger partial charge in [-0.2, -0.15) is 10.8 Å². The summed E-state index contributed by atoms with van der Waals surface area (Å²) < 4.78 is 33.4. The van der Waals surface area contributed by atoms with Crippen LogP contribution >= 0.6 is 23.0 Å². The zero-order valence-electron chi connectivity index (χ0n) is 14.0. The van der Waals surface area contributed by atoms with Crippen molar-refractivity contribution in [2.75, 3.05) is 21.3 Å². The van der Waals surface area contributed by atoms with Crippen molar-refractivity contribution >= 4 is 41.2 Å². The molecule has 0 saturated carbocycles. The average Bonchev–Trinajstić information content (AvgIpc) is 2.66. The number of hydrogen-bond donors (Lipinski definition) is 1. The van der Waals surface area contributed by atoms with E-state index in [1.165, 1.54) is 43.3 Å². The summed E-state index contributed by atoms with van der Waals surface area (Å²) >= 11 is 1.20. The van der Waals surface area contributed by atoms with E-state index in [4.69, 9.17) is 15.4 Å². The van der Waals surface area contributed by atoms with Gasteiger partial charge >= 0.3 is 18.2 Å². The Morgan fingerprint density at radius 2 is 1.73 bits per heavy atom. The molecule has 2 amide bonds. The van der Waals surface area contributed by atoms with Crippen molar-refractivity contribution in [1.82, 2.24) is 4.90 Å². The molecular formula is C14H16FIN2O8. The number of hydrogen-bond acceptors (Lipinski definition) is 9. The van der Waals surface area contributed by atoms with Crippen molar-refractivity contribution < 1.29 is 40.9 Å². The van der Waals surface area contributed by atoms with Gasteiger partial charge in [-0.1, -0.05) is 0 Å². The molecule has 0 aliphatic rings. The van der Waals surface area contributed by atoms with E-state index in [1.807, 2.05) is 0 Å². The van der Waals surface area contributed by atoms with Crippen molar-refractivity contribution in [2.45, 2.75) is 12.5 Å². The molecule has 10 nitrogen and oxygen atoms in total. The number of halogens is 2. The first kappa shape index (κ1) is 21.7. The number of nitrogens with zero attached hydrogens (tertiary/aromatic N) is 1. The van der Waals surface area contributed by atoms with Gasteiger partial charge in [0.1, 0.15) is 11.9 Å². The summed E-state index contributed by atoms with van der Waals surface area (Å²) in [6.45, 7) is 0. The molecule has 0 aliphatic carbocycles. The highest BCUT2D eigenvalue weighted by molar-refractivity contribution is 14.1. The molecule has 0 saturated heterocycles. The van der Waals surface area contributed by atoms with Crippen LogP contribution in [0.3, 0.4) is 0 Å². The Hall–Kier alpha value is -2.35. The molecule has 12 heteroatoms. The molecule has 26 heavy (non-hydrogen) atoms. The number of rotatable bonds is 6. The quantitative estimate of drug-likeness (QED) is 0.364. The summed E-state index contributed by atoms with van der Waals surface area (Å²) in [5.41, 5.74) is -0.0610. The summed E-state index contributed by atoms with van der Waals surface area (Å²) in [5.74, 6) is 3.30. The van der Waals surface area contributed by atoms with Crippen LogP contribution in [0.5, 0.6) is 11.5 Å². The van der Waals surface area contributed by atoms with Gasteiger partial charge in [-0.15, -0.1) is 0 Å². The Balaban J connectivity index is 3.37. The third-order valence-corrected chi connectivity index (χ3v) is 3.69. The number of benzene rings is 1. The number of carbonyl (C=O) groups is 3. The maximum absolute atomic E-state index is 14.3. The second-order valence-corrected chi connectivity index (χ2v) is 5.08. The molecule has 0 spiro atoms. The predicted molar refractivity (Wildman–Crippen MR) is 92.0 cm³/mol. The molecule has 0 radical (unpaired) electrons. The fourth-order valence-electron chi connectivity index (χ4n) is 2.10. The van der Waals surface area contributed by atoms with Crippen LogP contribution in [-0.4, -0.2) is 50.4 Å². The highest BCUT2D eigenvalue weighted by Gasteiger charge is 2.39. The van der Waals surface area contributed by atoms with Crippen molar-refractivity contribution in [3.05, 3.63) is 23.5 Å². The van der Waals surface area contributed by atoms with E-state index in [0.717, 1.165) is 13.2 Å². The van der Waals surface area contributed by atoms with Crippen molar-refractivity contribution in [3.8, 4) is 11.5 Å². The predicted octanol–water partition coefficient (Wildman–Crippen LogP) is 1.73. The lowest BCUT2D eigenvalue weighted by molar-refractivity contribution is -0.145. The SMILES string of the molecule is COC(=O)[C@H](Cc1cc(OC)c(OC)cc1F)N(C(=O)ON)C(=O)OI. The van der Waals surface area contributed by atoms with Gasteiger partial charge in [0.25, 0.3) is 0 Å². The Kier molecular flexibility index (Phi) is 8.31. The van der Waals surface area contributed by atoms with Crippen LogP contribution in [0.1, 0.15) is 5.56 Å². The molecule has 144 valence electrons. The Labute approximate surface area is 161 Å². The molecule has 2 N–H and O–H groups in total. The molecule has 0 aliphatic heterocycles. The highest BCUT2D eigenvalue weighted by Crippen LogP contribution is 2.31. The van der Waals surface area contributed by atoms with Crippen LogP contribution in [0, 0.1) is 5.82 Å². The lowest BCUT2D eigenvalue weighted by Gasteiger charge is -2.25. The van der Waals surface area contributed by atoms with E-state index < -0.39 is 36.4 Å². The number of ether oxygens (including phenoxy) is 3. The molecular weight excluding hydrogens is 470 g/mol. The first-order valence-corrected chi connectivity index (χ1v) is 7.73. The zero-order chi connectivity index (χ0) is 19.9. The molecule has 1 aromatic carbocycles. The topological polar surface area (TPSA) is 127 Å². The van der Waals surface area contributed by atoms with Gasteiger partial charge in [0, 0.05) is 12.5 Å². The van der Waals surface area contributed by atoms with E-state index in [0.29, 0.717) is 0 Å². The van der Waals surface area contributed by atoms with E-state index in [2.05, 4.69) is 12.6 Å². The molecule has 0 aromatic heterocycles. The van der Waals surface area contributed by atoms with Crippen LogP contribution in [0.25, 0.3) is 0 Å². The van der Waals surface area contributed by atoms with Crippen LogP contribution < -0.4 is 15.4 Å². The van der Waals surface area contributed by atoms with Crippen LogP contribution in [0.4, 0.5) is 14.0 Å². The first-order valence-electron chi connectivity index (χ1n) is 6.85. The largest absolute Gasteiger partial charge is 0.493 e. The second kappa shape index (κ2) is 9.96. The van der Waals surface area contributed by atoms with Crippen LogP contribution in [0.15, 0.2) is 12.1 Å². The van der Waals surface area contributed by atoms with Gasteiger partial charge in [0.05, 0.1) is 21.3 Å². The molecule has 1 atom stereocenters. The Morgan fingerprint density at radius 3 is 2.19 bits per heavy atom. The molecule has 1 rings (SSSR count). The van der Waals surface area contributed by atoms with Gasteiger partial charge in [0.2, 0.25) is 0 Å². The molecule has 0 bridgehead atoms. The van der Waals surface area contributed by atoms with Crippen molar-refractivity contribution in [2.24, 2.45) is 5.90 Å². The summed E-state index contributed by atoms with van der Waals surface area (Å²) in [5, 5.41) is 0. The number of esters is 1. The standard InChI is InChI=1S/C14H16FIN2O8/c1-22-10-5-7(8(15)6-11(10)23-2)4-9(12(19)24-3)18(13(20)25-16)14(21)26-17/h5-6,9H,4,17H2,1-3H3/t9-/m0/s1. The third kappa shape index (κ3) is 4.85. The minimum absolute atomic E-state index is 0.0610. The van der Waals surface area contributed by atoms with Gasteiger partial charge in [-0.05, 0) is 11.6 Å². The van der Waals surface area contributed by atoms with Gasteiger partial charge in [-0.3, -0.25) is 0 Å². The summed E-state index contributed by atoms with van der Waals surface area (Å²) in [6.07, 6.45) is -3.10. The summed E-state index contributed by atoms with van der Waals surface area (Å²) in [4.78, 5) is 40.0.